The molecular formula is C17H26ClN3O. The summed E-state index contributed by atoms with van der Waals surface area (Å²) in [6.07, 6.45) is 0.966. The summed E-state index contributed by atoms with van der Waals surface area (Å²) in [5, 5.41) is 3.80. The van der Waals surface area contributed by atoms with E-state index in [1.165, 1.54) is 11.3 Å². The maximum atomic E-state index is 11.9. The number of piperazine rings is 1. The highest BCUT2D eigenvalue weighted by molar-refractivity contribution is 6.30. The van der Waals surface area contributed by atoms with Gasteiger partial charge in [0.2, 0.25) is 5.91 Å². The van der Waals surface area contributed by atoms with Gasteiger partial charge in [0.1, 0.15) is 0 Å². The number of anilines is 1. The van der Waals surface area contributed by atoms with Gasteiger partial charge < -0.3 is 10.2 Å². The Morgan fingerprint density at radius 1 is 1.32 bits per heavy atom. The number of nitrogens with one attached hydrogen (secondary N) is 1. The molecule has 4 nitrogen and oxygen atoms in total. The van der Waals surface area contributed by atoms with Crippen LogP contribution >= 0.6 is 11.6 Å². The number of amides is 1. The van der Waals surface area contributed by atoms with E-state index in [1.54, 1.807) is 0 Å². The lowest BCUT2D eigenvalue weighted by atomic mass is 10.1. The molecule has 0 saturated carbocycles. The molecule has 1 aromatic rings. The summed E-state index contributed by atoms with van der Waals surface area (Å²) in [7, 11) is 0. The van der Waals surface area contributed by atoms with Crippen molar-refractivity contribution in [3.8, 4) is 0 Å². The summed E-state index contributed by atoms with van der Waals surface area (Å²) < 4.78 is 0. The lowest BCUT2D eigenvalue weighted by Crippen LogP contribution is -2.50. The number of carbonyl (C=O) groups excluding carboxylic acids is 1. The molecule has 0 spiro atoms. The van der Waals surface area contributed by atoms with E-state index in [-0.39, 0.29) is 11.9 Å². The maximum absolute atomic E-state index is 11.9. The second-order valence-electron chi connectivity index (χ2n) is 6.07. The molecule has 2 rings (SSSR count). The summed E-state index contributed by atoms with van der Waals surface area (Å²) in [4.78, 5) is 16.5. The van der Waals surface area contributed by atoms with Gasteiger partial charge in [0.15, 0.2) is 0 Å². The smallest absolute Gasteiger partial charge is 0.234 e. The van der Waals surface area contributed by atoms with Crippen LogP contribution in [0.2, 0.25) is 5.02 Å². The molecule has 1 fully saturated rings. The molecule has 1 amide bonds. The van der Waals surface area contributed by atoms with Crippen molar-refractivity contribution in [2.75, 3.05) is 37.6 Å². The van der Waals surface area contributed by atoms with Crippen LogP contribution in [0.1, 0.15) is 25.8 Å². The third kappa shape index (κ3) is 4.62. The summed E-state index contributed by atoms with van der Waals surface area (Å²) in [6, 6.07) is 6.27. The predicted octanol–water partition coefficient (Wildman–Crippen LogP) is 2.69. The van der Waals surface area contributed by atoms with Gasteiger partial charge in [-0.3, -0.25) is 9.69 Å². The van der Waals surface area contributed by atoms with Crippen LogP contribution in [0, 0.1) is 6.92 Å². The van der Waals surface area contributed by atoms with Crippen LogP contribution in [-0.2, 0) is 4.79 Å². The number of halogens is 1. The molecule has 1 saturated heterocycles. The van der Waals surface area contributed by atoms with Crippen LogP contribution in [0.25, 0.3) is 0 Å². The lowest BCUT2D eigenvalue weighted by molar-refractivity contribution is -0.122. The zero-order valence-electron chi connectivity index (χ0n) is 13.7. The van der Waals surface area contributed by atoms with E-state index in [0.29, 0.717) is 6.54 Å². The minimum absolute atomic E-state index is 0.127. The van der Waals surface area contributed by atoms with E-state index >= 15 is 0 Å². The Kier molecular flexibility index (Phi) is 6.09. The van der Waals surface area contributed by atoms with E-state index in [2.05, 4.69) is 35.0 Å². The average Bonchev–Trinajstić information content (AvgIpc) is 2.50. The van der Waals surface area contributed by atoms with E-state index < -0.39 is 0 Å². The molecule has 0 aliphatic carbocycles. The largest absolute Gasteiger partial charge is 0.369 e. The van der Waals surface area contributed by atoms with Crippen LogP contribution in [0.4, 0.5) is 5.69 Å². The standard InChI is InChI=1S/C17H26ClN3O/c1-4-14(3)19-17(22)12-20-7-9-21(10-8-20)16-11-15(18)6-5-13(16)2/h5-6,11,14H,4,7-10,12H2,1-3H3,(H,19,22)/t14-/m0/s1. The van der Waals surface area contributed by atoms with Gasteiger partial charge in [-0.2, -0.15) is 0 Å². The molecular weight excluding hydrogens is 298 g/mol. The minimum atomic E-state index is 0.127. The Bertz CT molecular complexity index is 513. The van der Waals surface area contributed by atoms with Crippen molar-refractivity contribution in [1.82, 2.24) is 10.2 Å². The van der Waals surface area contributed by atoms with Gasteiger partial charge in [-0.15, -0.1) is 0 Å². The lowest BCUT2D eigenvalue weighted by Gasteiger charge is -2.36. The van der Waals surface area contributed by atoms with Gasteiger partial charge in [0.25, 0.3) is 0 Å². The van der Waals surface area contributed by atoms with E-state index in [1.807, 2.05) is 19.1 Å². The number of benzene rings is 1. The summed E-state index contributed by atoms with van der Waals surface area (Å²) in [6.45, 7) is 10.4. The van der Waals surface area contributed by atoms with Crippen LogP contribution in [-0.4, -0.2) is 49.6 Å². The van der Waals surface area contributed by atoms with Crippen molar-refractivity contribution in [3.05, 3.63) is 28.8 Å². The monoisotopic (exact) mass is 323 g/mol. The first-order valence-corrected chi connectivity index (χ1v) is 8.40. The maximum Gasteiger partial charge on any atom is 0.234 e. The van der Waals surface area contributed by atoms with Crippen molar-refractivity contribution in [3.63, 3.8) is 0 Å². The molecule has 1 aliphatic rings. The highest BCUT2D eigenvalue weighted by Gasteiger charge is 2.20. The van der Waals surface area contributed by atoms with Gasteiger partial charge in [0.05, 0.1) is 6.54 Å². The zero-order chi connectivity index (χ0) is 16.1. The molecule has 0 unspecified atom stereocenters. The number of nitrogens with zero attached hydrogens (tertiary/aromatic N) is 2. The molecule has 0 radical (unpaired) electrons. The molecule has 22 heavy (non-hydrogen) atoms. The SMILES string of the molecule is CC[C@H](C)NC(=O)CN1CCN(c2cc(Cl)ccc2C)CC1. The van der Waals surface area contributed by atoms with Crippen molar-refractivity contribution >= 4 is 23.2 Å². The predicted molar refractivity (Wildman–Crippen MR) is 92.7 cm³/mol. The molecule has 1 N–H and O–H groups in total. The molecule has 5 heteroatoms. The van der Waals surface area contributed by atoms with Crippen molar-refractivity contribution < 1.29 is 4.79 Å². The first kappa shape index (κ1) is 17.1. The highest BCUT2D eigenvalue weighted by Crippen LogP contribution is 2.25. The quantitative estimate of drug-likeness (QED) is 0.905. The Balaban J connectivity index is 1.85. The fourth-order valence-corrected chi connectivity index (χ4v) is 2.86. The highest BCUT2D eigenvalue weighted by atomic mass is 35.5. The normalized spacial score (nSPS) is 17.4. The van der Waals surface area contributed by atoms with E-state index in [0.717, 1.165) is 37.6 Å². The second kappa shape index (κ2) is 7.84. The van der Waals surface area contributed by atoms with Gasteiger partial charge in [-0.25, -0.2) is 0 Å². The summed E-state index contributed by atoms with van der Waals surface area (Å²) in [5.41, 5.74) is 2.45. The van der Waals surface area contributed by atoms with Crippen molar-refractivity contribution in [1.29, 1.82) is 0 Å². The molecule has 0 bridgehead atoms. The molecule has 0 aromatic heterocycles. The summed E-state index contributed by atoms with van der Waals surface area (Å²) in [5.74, 6) is 0.127. The molecule has 122 valence electrons. The van der Waals surface area contributed by atoms with Crippen molar-refractivity contribution in [2.24, 2.45) is 0 Å². The third-order valence-corrected chi connectivity index (χ3v) is 4.51. The van der Waals surface area contributed by atoms with Crippen LogP contribution < -0.4 is 10.2 Å². The number of hydrogen-bond donors (Lipinski definition) is 1. The van der Waals surface area contributed by atoms with Gasteiger partial charge >= 0.3 is 0 Å². The van der Waals surface area contributed by atoms with Gasteiger partial charge in [0, 0.05) is 42.9 Å². The Hall–Kier alpha value is -1.26. The molecule has 1 heterocycles. The fourth-order valence-electron chi connectivity index (χ4n) is 2.70. The fraction of sp³-hybridized carbons (Fsp3) is 0.588. The van der Waals surface area contributed by atoms with E-state index in [4.69, 9.17) is 11.6 Å². The van der Waals surface area contributed by atoms with Crippen molar-refractivity contribution in [2.45, 2.75) is 33.2 Å². The van der Waals surface area contributed by atoms with Gasteiger partial charge in [-0.05, 0) is 38.0 Å². The second-order valence-corrected chi connectivity index (χ2v) is 6.51. The first-order chi connectivity index (χ1) is 10.5. The van der Waals surface area contributed by atoms with Crippen LogP contribution in [0.3, 0.4) is 0 Å². The number of carbonyl (C=O) groups is 1. The number of aryl methyl sites for hydroxylation is 1. The Morgan fingerprint density at radius 3 is 2.64 bits per heavy atom. The van der Waals surface area contributed by atoms with Gasteiger partial charge in [-0.1, -0.05) is 24.6 Å². The zero-order valence-corrected chi connectivity index (χ0v) is 14.5. The third-order valence-electron chi connectivity index (χ3n) is 4.27. The average molecular weight is 324 g/mol. The number of hydrogen-bond acceptors (Lipinski definition) is 3. The van der Waals surface area contributed by atoms with E-state index in [9.17, 15) is 4.79 Å². The Labute approximate surface area is 138 Å². The van der Waals surface area contributed by atoms with Crippen LogP contribution in [0.5, 0.6) is 0 Å². The molecule has 1 aromatic carbocycles. The summed E-state index contributed by atoms with van der Waals surface area (Å²) >= 11 is 6.11. The topological polar surface area (TPSA) is 35.6 Å². The Morgan fingerprint density at radius 2 is 2.00 bits per heavy atom. The number of rotatable bonds is 5. The first-order valence-electron chi connectivity index (χ1n) is 8.02. The molecule has 1 atom stereocenters. The molecule has 1 aliphatic heterocycles. The minimum Gasteiger partial charge on any atom is -0.369 e. The van der Waals surface area contributed by atoms with Crippen LogP contribution in [0.15, 0.2) is 18.2 Å².